The fraction of sp³-hybridized carbons (Fsp3) is 0.385. The zero-order valence-electron chi connectivity index (χ0n) is 10.1. The van der Waals surface area contributed by atoms with E-state index < -0.39 is 5.91 Å². The van der Waals surface area contributed by atoms with Gasteiger partial charge in [-0.25, -0.2) is 0 Å². The quantitative estimate of drug-likeness (QED) is 0.783. The highest BCUT2D eigenvalue weighted by molar-refractivity contribution is 5.88. The number of hydrogen-bond acceptors (Lipinski definition) is 3. The third-order valence-corrected chi connectivity index (χ3v) is 3.22. The van der Waals surface area contributed by atoms with Crippen LogP contribution in [0.1, 0.15) is 17.5 Å². The standard InChI is InChI=1S/C13H17N3O2/c14-6-9-2-1-3-10(4-9)7-16-8-11(13(15)18)5-12(16)17/h1-4,11H,5-8,14H2,(H2,15,18). The number of amides is 2. The molecule has 0 aliphatic carbocycles. The zero-order chi connectivity index (χ0) is 13.1. The summed E-state index contributed by atoms with van der Waals surface area (Å²) in [6, 6.07) is 7.79. The molecule has 1 saturated heterocycles. The van der Waals surface area contributed by atoms with E-state index in [2.05, 4.69) is 0 Å². The average molecular weight is 247 g/mol. The smallest absolute Gasteiger partial charge is 0.223 e. The number of nitrogens with two attached hydrogens (primary N) is 2. The second-order valence-corrected chi connectivity index (χ2v) is 4.60. The maximum absolute atomic E-state index is 11.7. The Morgan fingerprint density at radius 3 is 2.72 bits per heavy atom. The Balaban J connectivity index is 2.05. The average Bonchev–Trinajstić information content (AvgIpc) is 2.71. The van der Waals surface area contributed by atoms with Crippen molar-refractivity contribution in [2.75, 3.05) is 6.54 Å². The molecule has 2 amide bonds. The third-order valence-electron chi connectivity index (χ3n) is 3.22. The van der Waals surface area contributed by atoms with Crippen LogP contribution < -0.4 is 11.5 Å². The maximum atomic E-state index is 11.7. The molecule has 1 atom stereocenters. The summed E-state index contributed by atoms with van der Waals surface area (Å²) in [5.41, 5.74) is 12.9. The third kappa shape index (κ3) is 2.68. The van der Waals surface area contributed by atoms with Crippen molar-refractivity contribution in [3.05, 3.63) is 35.4 Å². The first-order valence-electron chi connectivity index (χ1n) is 5.95. The number of rotatable bonds is 4. The van der Waals surface area contributed by atoms with E-state index in [0.29, 0.717) is 19.6 Å². The molecule has 0 spiro atoms. The molecular formula is C13H17N3O2. The number of primary amides is 1. The Morgan fingerprint density at radius 2 is 2.11 bits per heavy atom. The van der Waals surface area contributed by atoms with Gasteiger partial charge in [0.05, 0.1) is 5.92 Å². The number of carbonyl (C=O) groups is 2. The summed E-state index contributed by atoms with van der Waals surface area (Å²) in [6.07, 6.45) is 0.228. The lowest BCUT2D eigenvalue weighted by molar-refractivity contribution is -0.128. The van der Waals surface area contributed by atoms with Gasteiger partial charge in [0.1, 0.15) is 0 Å². The van der Waals surface area contributed by atoms with Crippen LogP contribution in [0.25, 0.3) is 0 Å². The molecule has 4 N–H and O–H groups in total. The molecule has 1 aliphatic rings. The molecule has 1 unspecified atom stereocenters. The van der Waals surface area contributed by atoms with E-state index in [1.54, 1.807) is 4.90 Å². The van der Waals surface area contributed by atoms with E-state index in [9.17, 15) is 9.59 Å². The lowest BCUT2D eigenvalue weighted by atomic mass is 10.1. The first-order valence-corrected chi connectivity index (χ1v) is 5.95. The van der Waals surface area contributed by atoms with Crippen molar-refractivity contribution in [1.82, 2.24) is 4.90 Å². The summed E-state index contributed by atoms with van der Waals surface area (Å²) < 4.78 is 0. The van der Waals surface area contributed by atoms with Crippen LogP contribution in [0.2, 0.25) is 0 Å². The van der Waals surface area contributed by atoms with Gasteiger partial charge in [-0.05, 0) is 11.1 Å². The minimum Gasteiger partial charge on any atom is -0.369 e. The zero-order valence-corrected chi connectivity index (χ0v) is 10.1. The van der Waals surface area contributed by atoms with Gasteiger partial charge in [-0.3, -0.25) is 9.59 Å². The van der Waals surface area contributed by atoms with Crippen LogP contribution in [0.15, 0.2) is 24.3 Å². The summed E-state index contributed by atoms with van der Waals surface area (Å²) in [4.78, 5) is 24.5. The second kappa shape index (κ2) is 5.18. The highest BCUT2D eigenvalue weighted by Gasteiger charge is 2.32. The van der Waals surface area contributed by atoms with Gasteiger partial charge in [0.25, 0.3) is 0 Å². The number of carbonyl (C=O) groups excluding carboxylic acids is 2. The molecule has 18 heavy (non-hydrogen) atoms. The van der Waals surface area contributed by atoms with Crippen molar-refractivity contribution in [3.63, 3.8) is 0 Å². The summed E-state index contributed by atoms with van der Waals surface area (Å²) >= 11 is 0. The van der Waals surface area contributed by atoms with Crippen molar-refractivity contribution in [2.24, 2.45) is 17.4 Å². The van der Waals surface area contributed by atoms with Crippen molar-refractivity contribution in [1.29, 1.82) is 0 Å². The number of likely N-dealkylation sites (tertiary alicyclic amines) is 1. The maximum Gasteiger partial charge on any atom is 0.223 e. The Labute approximate surface area is 106 Å². The van der Waals surface area contributed by atoms with E-state index in [0.717, 1.165) is 11.1 Å². The first-order chi connectivity index (χ1) is 8.60. The molecule has 1 aromatic rings. The predicted octanol–water partition coefficient (Wildman–Crippen LogP) is -0.0209. The van der Waals surface area contributed by atoms with Crippen molar-refractivity contribution in [2.45, 2.75) is 19.5 Å². The van der Waals surface area contributed by atoms with E-state index in [1.165, 1.54) is 0 Å². The van der Waals surface area contributed by atoms with Crippen LogP contribution in [0.4, 0.5) is 0 Å². The molecule has 5 heteroatoms. The summed E-state index contributed by atoms with van der Waals surface area (Å²) in [5.74, 6) is -0.770. The Bertz CT molecular complexity index is 473. The lowest BCUT2D eigenvalue weighted by Gasteiger charge is -2.16. The van der Waals surface area contributed by atoms with Gasteiger partial charge in [-0.2, -0.15) is 0 Å². The molecule has 0 bridgehead atoms. The van der Waals surface area contributed by atoms with Gasteiger partial charge in [0.15, 0.2) is 0 Å². The Kier molecular flexibility index (Phi) is 3.62. The lowest BCUT2D eigenvalue weighted by Crippen LogP contribution is -2.28. The predicted molar refractivity (Wildman–Crippen MR) is 67.1 cm³/mol. The molecule has 0 saturated carbocycles. The van der Waals surface area contributed by atoms with Gasteiger partial charge >= 0.3 is 0 Å². The summed E-state index contributed by atoms with van der Waals surface area (Å²) in [7, 11) is 0. The molecule has 2 rings (SSSR count). The molecule has 1 heterocycles. The molecule has 96 valence electrons. The topological polar surface area (TPSA) is 89.4 Å². The van der Waals surface area contributed by atoms with Gasteiger partial charge < -0.3 is 16.4 Å². The molecular weight excluding hydrogens is 230 g/mol. The molecule has 5 nitrogen and oxygen atoms in total. The number of benzene rings is 1. The molecule has 0 radical (unpaired) electrons. The molecule has 1 fully saturated rings. The largest absolute Gasteiger partial charge is 0.369 e. The van der Waals surface area contributed by atoms with Crippen molar-refractivity contribution < 1.29 is 9.59 Å². The molecule has 1 aliphatic heterocycles. The SMILES string of the molecule is NCc1cccc(CN2CC(C(N)=O)CC2=O)c1. The van der Waals surface area contributed by atoms with Gasteiger partial charge in [-0.1, -0.05) is 24.3 Å². The minimum absolute atomic E-state index is 0.0167. The Hall–Kier alpha value is -1.88. The van der Waals surface area contributed by atoms with Crippen LogP contribution >= 0.6 is 0 Å². The molecule has 1 aromatic carbocycles. The van der Waals surface area contributed by atoms with Crippen LogP contribution in [0, 0.1) is 5.92 Å². The van der Waals surface area contributed by atoms with E-state index >= 15 is 0 Å². The van der Waals surface area contributed by atoms with Crippen LogP contribution in [0.5, 0.6) is 0 Å². The van der Waals surface area contributed by atoms with Gasteiger partial charge in [-0.15, -0.1) is 0 Å². The fourth-order valence-corrected chi connectivity index (χ4v) is 2.19. The normalized spacial score (nSPS) is 19.3. The highest BCUT2D eigenvalue weighted by Crippen LogP contribution is 2.20. The highest BCUT2D eigenvalue weighted by atomic mass is 16.2. The van der Waals surface area contributed by atoms with Gasteiger partial charge in [0.2, 0.25) is 11.8 Å². The summed E-state index contributed by atoms with van der Waals surface area (Å²) in [5, 5.41) is 0. The second-order valence-electron chi connectivity index (χ2n) is 4.60. The first kappa shape index (κ1) is 12.6. The minimum atomic E-state index is -0.401. The number of nitrogens with zero attached hydrogens (tertiary/aromatic N) is 1. The monoisotopic (exact) mass is 247 g/mol. The van der Waals surface area contributed by atoms with Crippen LogP contribution in [-0.4, -0.2) is 23.3 Å². The van der Waals surface area contributed by atoms with Crippen LogP contribution in [0.3, 0.4) is 0 Å². The van der Waals surface area contributed by atoms with Crippen molar-refractivity contribution >= 4 is 11.8 Å². The van der Waals surface area contributed by atoms with Crippen molar-refractivity contribution in [3.8, 4) is 0 Å². The van der Waals surface area contributed by atoms with Gasteiger partial charge in [0, 0.05) is 26.1 Å². The van der Waals surface area contributed by atoms with E-state index in [1.807, 2.05) is 24.3 Å². The number of hydrogen-bond donors (Lipinski definition) is 2. The summed E-state index contributed by atoms with van der Waals surface area (Å²) in [6.45, 7) is 1.41. The Morgan fingerprint density at radius 1 is 1.39 bits per heavy atom. The van der Waals surface area contributed by atoms with E-state index in [-0.39, 0.29) is 18.2 Å². The van der Waals surface area contributed by atoms with Crippen LogP contribution in [-0.2, 0) is 22.7 Å². The fourth-order valence-electron chi connectivity index (χ4n) is 2.19. The molecule has 0 aromatic heterocycles. The van der Waals surface area contributed by atoms with E-state index in [4.69, 9.17) is 11.5 Å².